The summed E-state index contributed by atoms with van der Waals surface area (Å²) in [7, 11) is 3.43. The van der Waals surface area contributed by atoms with Crippen molar-refractivity contribution in [2.45, 2.75) is 32.2 Å². The maximum absolute atomic E-state index is 12.7. The van der Waals surface area contributed by atoms with Gasteiger partial charge in [0.2, 0.25) is 5.91 Å². The minimum Gasteiger partial charge on any atom is -0.497 e. The van der Waals surface area contributed by atoms with E-state index in [-0.39, 0.29) is 17.5 Å². The van der Waals surface area contributed by atoms with E-state index in [9.17, 15) is 9.59 Å². The van der Waals surface area contributed by atoms with Crippen molar-refractivity contribution < 1.29 is 9.53 Å². The number of carbonyl (C=O) groups is 1. The zero-order valence-electron chi connectivity index (χ0n) is 16.4. The quantitative estimate of drug-likeness (QED) is 0.881. The molecule has 1 aliphatic carbocycles. The zero-order chi connectivity index (χ0) is 19.7. The van der Waals surface area contributed by atoms with E-state index in [0.717, 1.165) is 42.5 Å². The van der Waals surface area contributed by atoms with Crippen LogP contribution in [0.3, 0.4) is 0 Å². The van der Waals surface area contributed by atoms with Crippen LogP contribution in [0.2, 0.25) is 0 Å². The van der Waals surface area contributed by atoms with E-state index >= 15 is 0 Å². The first-order chi connectivity index (χ1) is 13.6. The van der Waals surface area contributed by atoms with Crippen LogP contribution < -0.4 is 15.7 Å². The highest BCUT2D eigenvalue weighted by Crippen LogP contribution is 2.31. The fraction of sp³-hybridized carbons (Fsp3) is 0.476. The second-order valence-corrected chi connectivity index (χ2v) is 7.64. The van der Waals surface area contributed by atoms with Crippen LogP contribution in [0.1, 0.15) is 25.7 Å². The second kappa shape index (κ2) is 7.66. The summed E-state index contributed by atoms with van der Waals surface area (Å²) in [5.74, 6) is 1.90. The Hall–Kier alpha value is -2.83. The molecule has 1 amide bonds. The first-order valence-electron chi connectivity index (χ1n) is 9.82. The SMILES string of the molecule is COc1ccc2c(c1)n(CC1CCC(C(=O)NC3=NCC=C3)CC1)c(=O)n2C. The summed E-state index contributed by atoms with van der Waals surface area (Å²) in [6, 6.07) is 5.72. The average molecular weight is 382 g/mol. The van der Waals surface area contributed by atoms with Crippen molar-refractivity contribution in [3.8, 4) is 5.75 Å². The fourth-order valence-electron chi connectivity index (χ4n) is 4.24. The number of amidine groups is 1. The number of hydrogen-bond donors (Lipinski definition) is 1. The van der Waals surface area contributed by atoms with Gasteiger partial charge in [0.05, 0.1) is 24.7 Å². The van der Waals surface area contributed by atoms with Crippen molar-refractivity contribution in [1.82, 2.24) is 14.5 Å². The summed E-state index contributed by atoms with van der Waals surface area (Å²) in [6.07, 6.45) is 7.35. The van der Waals surface area contributed by atoms with Crippen LogP contribution in [0, 0.1) is 11.8 Å². The molecule has 0 atom stereocenters. The van der Waals surface area contributed by atoms with Crippen LogP contribution in [0.4, 0.5) is 0 Å². The Bertz CT molecular complexity index is 1010. The van der Waals surface area contributed by atoms with Crippen molar-refractivity contribution in [2.24, 2.45) is 23.9 Å². The molecule has 2 aromatic rings. The summed E-state index contributed by atoms with van der Waals surface area (Å²) in [4.78, 5) is 29.4. The number of benzene rings is 1. The Morgan fingerprint density at radius 1 is 1.25 bits per heavy atom. The van der Waals surface area contributed by atoms with Crippen molar-refractivity contribution in [3.05, 3.63) is 40.8 Å². The Labute approximate surface area is 163 Å². The Balaban J connectivity index is 1.43. The van der Waals surface area contributed by atoms with E-state index in [1.165, 1.54) is 0 Å². The number of carbonyl (C=O) groups excluding carboxylic acids is 1. The van der Waals surface area contributed by atoms with Crippen LogP contribution >= 0.6 is 0 Å². The highest BCUT2D eigenvalue weighted by Gasteiger charge is 2.28. The molecule has 0 saturated heterocycles. The number of methoxy groups -OCH3 is 1. The van der Waals surface area contributed by atoms with Crippen LogP contribution in [-0.2, 0) is 18.4 Å². The molecule has 148 valence electrons. The van der Waals surface area contributed by atoms with E-state index < -0.39 is 0 Å². The normalized spacial score (nSPS) is 21.7. The molecule has 1 aromatic carbocycles. The number of imidazole rings is 1. The van der Waals surface area contributed by atoms with E-state index in [1.807, 2.05) is 34.9 Å². The third kappa shape index (κ3) is 3.48. The number of ether oxygens (including phenoxy) is 1. The molecule has 1 aliphatic heterocycles. The van der Waals surface area contributed by atoms with Gasteiger partial charge >= 0.3 is 5.69 Å². The van der Waals surface area contributed by atoms with Gasteiger partial charge in [-0.2, -0.15) is 0 Å². The van der Waals surface area contributed by atoms with Gasteiger partial charge in [0, 0.05) is 25.6 Å². The average Bonchev–Trinajstić information content (AvgIpc) is 3.31. The summed E-state index contributed by atoms with van der Waals surface area (Å²) in [5, 5.41) is 2.91. The summed E-state index contributed by atoms with van der Waals surface area (Å²) in [6.45, 7) is 1.32. The first-order valence-corrected chi connectivity index (χ1v) is 9.82. The highest BCUT2D eigenvalue weighted by molar-refractivity contribution is 6.05. The van der Waals surface area contributed by atoms with E-state index in [4.69, 9.17) is 4.74 Å². The number of hydrogen-bond acceptors (Lipinski definition) is 4. The number of rotatable bonds is 4. The van der Waals surface area contributed by atoms with Crippen molar-refractivity contribution in [1.29, 1.82) is 0 Å². The number of aromatic nitrogens is 2. The predicted octanol–water partition coefficient (Wildman–Crippen LogP) is 2.24. The Kier molecular flexibility index (Phi) is 5.07. The lowest BCUT2D eigenvalue weighted by Gasteiger charge is -2.27. The van der Waals surface area contributed by atoms with Crippen LogP contribution in [0.5, 0.6) is 5.75 Å². The van der Waals surface area contributed by atoms with Gasteiger partial charge in [0.15, 0.2) is 0 Å². The molecule has 7 heteroatoms. The summed E-state index contributed by atoms with van der Waals surface area (Å²) < 4.78 is 8.86. The topological polar surface area (TPSA) is 77.6 Å². The van der Waals surface area contributed by atoms with Gasteiger partial charge in [0.1, 0.15) is 11.6 Å². The number of fused-ring (bicyclic) bond motifs is 1. The molecule has 0 radical (unpaired) electrons. The molecule has 7 nitrogen and oxygen atoms in total. The van der Waals surface area contributed by atoms with Crippen LogP contribution in [-0.4, -0.2) is 34.5 Å². The molecule has 1 aromatic heterocycles. The maximum atomic E-state index is 12.7. The van der Waals surface area contributed by atoms with Crippen molar-refractivity contribution in [3.63, 3.8) is 0 Å². The monoisotopic (exact) mass is 382 g/mol. The molecule has 1 fully saturated rings. The predicted molar refractivity (Wildman–Crippen MR) is 109 cm³/mol. The molecule has 4 rings (SSSR count). The summed E-state index contributed by atoms with van der Waals surface area (Å²) >= 11 is 0. The molecule has 1 N–H and O–H groups in total. The third-order valence-corrected chi connectivity index (χ3v) is 5.90. The summed E-state index contributed by atoms with van der Waals surface area (Å²) in [5.41, 5.74) is 1.80. The number of nitrogens with zero attached hydrogens (tertiary/aromatic N) is 3. The van der Waals surface area contributed by atoms with Gasteiger partial charge in [0.25, 0.3) is 0 Å². The lowest BCUT2D eigenvalue weighted by molar-refractivity contribution is -0.124. The van der Waals surface area contributed by atoms with Gasteiger partial charge in [-0.15, -0.1) is 0 Å². The zero-order valence-corrected chi connectivity index (χ0v) is 16.4. The smallest absolute Gasteiger partial charge is 0.328 e. The van der Waals surface area contributed by atoms with Gasteiger partial charge < -0.3 is 10.1 Å². The first kappa shape index (κ1) is 18.5. The van der Waals surface area contributed by atoms with Gasteiger partial charge in [-0.25, -0.2) is 4.79 Å². The molecule has 0 unspecified atom stereocenters. The number of nitrogens with one attached hydrogen (secondary N) is 1. The van der Waals surface area contributed by atoms with E-state index in [0.29, 0.717) is 24.8 Å². The lowest BCUT2D eigenvalue weighted by atomic mass is 9.81. The molecule has 2 heterocycles. The molecule has 1 saturated carbocycles. The molecule has 0 spiro atoms. The second-order valence-electron chi connectivity index (χ2n) is 7.64. The Morgan fingerprint density at radius 2 is 2.04 bits per heavy atom. The number of amides is 1. The Morgan fingerprint density at radius 3 is 2.71 bits per heavy atom. The van der Waals surface area contributed by atoms with Crippen LogP contribution in [0.25, 0.3) is 11.0 Å². The van der Waals surface area contributed by atoms with Gasteiger partial charge in [-0.1, -0.05) is 6.08 Å². The lowest BCUT2D eigenvalue weighted by Crippen LogP contribution is -2.37. The van der Waals surface area contributed by atoms with Crippen LogP contribution in [0.15, 0.2) is 40.1 Å². The fourth-order valence-corrected chi connectivity index (χ4v) is 4.24. The minimum atomic E-state index is -0.00542. The van der Waals surface area contributed by atoms with Gasteiger partial charge in [-0.3, -0.25) is 18.9 Å². The van der Waals surface area contributed by atoms with Gasteiger partial charge in [-0.05, 0) is 49.8 Å². The van der Waals surface area contributed by atoms with Crippen molar-refractivity contribution in [2.75, 3.05) is 13.7 Å². The van der Waals surface area contributed by atoms with E-state index in [1.54, 1.807) is 18.7 Å². The molecular formula is C21H26N4O3. The highest BCUT2D eigenvalue weighted by atomic mass is 16.5. The minimum absolute atomic E-state index is 0.00542. The molecule has 2 aliphatic rings. The number of aliphatic imine (C=N–C) groups is 1. The van der Waals surface area contributed by atoms with E-state index in [2.05, 4.69) is 10.3 Å². The largest absolute Gasteiger partial charge is 0.497 e. The van der Waals surface area contributed by atoms with Crippen molar-refractivity contribution >= 4 is 22.8 Å². The third-order valence-electron chi connectivity index (χ3n) is 5.90. The maximum Gasteiger partial charge on any atom is 0.328 e. The molecule has 28 heavy (non-hydrogen) atoms. The standard InChI is InChI=1S/C21H26N4O3/c1-24-17-10-9-16(28-2)12-18(17)25(21(24)27)13-14-5-7-15(8-6-14)20(26)23-19-4-3-11-22-19/h3-4,9-10,12,14-15H,5-8,11,13H2,1-2H3,(H,22,23,26). The molecule has 0 bridgehead atoms. The molecular weight excluding hydrogens is 356 g/mol. The number of aryl methyl sites for hydroxylation is 1.